The second-order valence-corrected chi connectivity index (χ2v) is 8.16. The Bertz CT molecular complexity index is 1260. The average Bonchev–Trinajstić information content (AvgIpc) is 2.80. The molecular weight excluding hydrogens is 456 g/mol. The van der Waals surface area contributed by atoms with Crippen molar-refractivity contribution in [3.05, 3.63) is 100 Å². The van der Waals surface area contributed by atoms with Crippen molar-refractivity contribution >= 4 is 52.5 Å². The highest BCUT2D eigenvalue weighted by Crippen LogP contribution is 2.28. The van der Waals surface area contributed by atoms with E-state index in [0.29, 0.717) is 35.1 Å². The third kappa shape index (κ3) is 4.97. The van der Waals surface area contributed by atoms with Crippen LogP contribution in [0.15, 0.2) is 78.4 Å². The van der Waals surface area contributed by atoms with Gasteiger partial charge in [0.15, 0.2) is 5.11 Å². The molecule has 166 valence electrons. The molecule has 0 atom stereocenters. The van der Waals surface area contributed by atoms with Crippen molar-refractivity contribution < 1.29 is 14.3 Å². The van der Waals surface area contributed by atoms with Gasteiger partial charge in [-0.05, 0) is 66.2 Å². The van der Waals surface area contributed by atoms with Crippen LogP contribution in [0.25, 0.3) is 6.08 Å². The fourth-order valence-corrected chi connectivity index (χ4v) is 4.06. The standard InChI is InChI=1S/C26H21ClN2O3S/c1-2-32-23-15-17(12-13-19(23)16-18-8-6-7-11-22(18)27)14-21-24(30)28-26(33)29(25(21)31)20-9-4-3-5-10-20/h3-15H,2,16H2,1H3,(H,28,30,33)/b21-14-. The number of anilines is 1. The first-order chi connectivity index (χ1) is 16.0. The molecule has 5 nitrogen and oxygen atoms in total. The van der Waals surface area contributed by atoms with Crippen molar-refractivity contribution in [3.8, 4) is 5.75 Å². The zero-order chi connectivity index (χ0) is 23.4. The molecule has 33 heavy (non-hydrogen) atoms. The smallest absolute Gasteiger partial charge is 0.270 e. The highest BCUT2D eigenvalue weighted by molar-refractivity contribution is 7.80. The first-order valence-corrected chi connectivity index (χ1v) is 11.2. The molecule has 0 aliphatic carbocycles. The number of nitrogens with zero attached hydrogens (tertiary/aromatic N) is 1. The number of carbonyl (C=O) groups is 2. The van der Waals surface area contributed by atoms with Gasteiger partial charge in [0.05, 0.1) is 12.3 Å². The Hall–Kier alpha value is -3.48. The summed E-state index contributed by atoms with van der Waals surface area (Å²) in [5, 5.41) is 3.34. The van der Waals surface area contributed by atoms with E-state index in [9.17, 15) is 9.59 Å². The predicted molar refractivity (Wildman–Crippen MR) is 135 cm³/mol. The molecule has 1 N–H and O–H groups in total. The zero-order valence-corrected chi connectivity index (χ0v) is 19.5. The summed E-state index contributed by atoms with van der Waals surface area (Å²) in [4.78, 5) is 27.1. The molecule has 1 saturated heterocycles. The van der Waals surface area contributed by atoms with E-state index in [2.05, 4.69) is 5.32 Å². The van der Waals surface area contributed by atoms with E-state index < -0.39 is 11.8 Å². The molecule has 3 aromatic carbocycles. The van der Waals surface area contributed by atoms with Crippen LogP contribution in [0.1, 0.15) is 23.6 Å². The lowest BCUT2D eigenvalue weighted by atomic mass is 10.0. The molecule has 7 heteroatoms. The highest BCUT2D eigenvalue weighted by atomic mass is 35.5. The van der Waals surface area contributed by atoms with Gasteiger partial charge in [0.25, 0.3) is 11.8 Å². The molecule has 0 unspecified atom stereocenters. The molecule has 3 aromatic rings. The second-order valence-electron chi connectivity index (χ2n) is 7.36. The van der Waals surface area contributed by atoms with Gasteiger partial charge in [-0.25, -0.2) is 0 Å². The summed E-state index contributed by atoms with van der Waals surface area (Å²) in [5.74, 6) is -0.339. The van der Waals surface area contributed by atoms with Crippen molar-refractivity contribution in [3.63, 3.8) is 0 Å². The van der Waals surface area contributed by atoms with Crippen molar-refractivity contribution in [1.82, 2.24) is 5.32 Å². The third-order valence-corrected chi connectivity index (χ3v) is 5.81. The van der Waals surface area contributed by atoms with Crippen molar-refractivity contribution in [2.75, 3.05) is 11.5 Å². The normalized spacial score (nSPS) is 15.0. The number of thiocarbonyl (C=S) groups is 1. The number of hydrogen-bond acceptors (Lipinski definition) is 4. The lowest BCUT2D eigenvalue weighted by molar-refractivity contribution is -0.122. The number of ether oxygens (including phenoxy) is 1. The Kier molecular flexibility index (Phi) is 6.87. The Labute approximate surface area is 202 Å². The van der Waals surface area contributed by atoms with Crippen LogP contribution in [0, 0.1) is 0 Å². The summed E-state index contributed by atoms with van der Waals surface area (Å²) in [6.07, 6.45) is 2.15. The number of rotatable bonds is 6. The van der Waals surface area contributed by atoms with Gasteiger partial charge in [0.2, 0.25) is 0 Å². The first kappa shape index (κ1) is 22.7. The van der Waals surface area contributed by atoms with Crippen LogP contribution < -0.4 is 15.0 Å². The van der Waals surface area contributed by atoms with Gasteiger partial charge in [0, 0.05) is 11.4 Å². The third-order valence-electron chi connectivity index (χ3n) is 5.16. The van der Waals surface area contributed by atoms with Gasteiger partial charge in [-0.2, -0.15) is 0 Å². The van der Waals surface area contributed by atoms with E-state index in [1.165, 1.54) is 4.90 Å². The quantitative estimate of drug-likeness (QED) is 0.303. The number of carbonyl (C=O) groups excluding carboxylic acids is 2. The summed E-state index contributed by atoms with van der Waals surface area (Å²) in [7, 11) is 0. The lowest BCUT2D eigenvalue weighted by Gasteiger charge is -2.28. The molecule has 1 fully saturated rings. The molecular formula is C26H21ClN2O3S. The maximum atomic E-state index is 13.2. The predicted octanol–water partition coefficient (Wildman–Crippen LogP) is 5.16. The molecule has 4 rings (SSSR count). The Balaban J connectivity index is 1.68. The number of amides is 2. The molecule has 0 radical (unpaired) electrons. The van der Waals surface area contributed by atoms with Crippen molar-refractivity contribution in [2.24, 2.45) is 0 Å². The van der Waals surface area contributed by atoms with Crippen molar-refractivity contribution in [2.45, 2.75) is 13.3 Å². The van der Waals surface area contributed by atoms with E-state index in [1.807, 2.05) is 55.5 Å². The summed E-state index contributed by atoms with van der Waals surface area (Å²) in [5.41, 5.74) is 3.19. The van der Waals surface area contributed by atoms with Crippen LogP contribution in [-0.2, 0) is 16.0 Å². The number of para-hydroxylation sites is 1. The van der Waals surface area contributed by atoms with Crippen molar-refractivity contribution in [1.29, 1.82) is 0 Å². The fourth-order valence-electron chi connectivity index (χ4n) is 3.58. The van der Waals surface area contributed by atoms with Crippen LogP contribution in [0.2, 0.25) is 5.02 Å². The van der Waals surface area contributed by atoms with Gasteiger partial charge >= 0.3 is 0 Å². The number of benzene rings is 3. The topological polar surface area (TPSA) is 58.6 Å². The van der Waals surface area contributed by atoms with Gasteiger partial charge < -0.3 is 4.74 Å². The van der Waals surface area contributed by atoms with E-state index in [1.54, 1.807) is 30.3 Å². The Morgan fingerprint density at radius 2 is 1.73 bits per heavy atom. The van der Waals surface area contributed by atoms with E-state index >= 15 is 0 Å². The molecule has 0 saturated carbocycles. The van der Waals surface area contributed by atoms with Crippen LogP contribution in [-0.4, -0.2) is 23.5 Å². The minimum absolute atomic E-state index is 0.00578. The monoisotopic (exact) mass is 476 g/mol. The number of halogens is 1. The van der Waals surface area contributed by atoms with Gasteiger partial charge in [-0.3, -0.25) is 19.8 Å². The zero-order valence-electron chi connectivity index (χ0n) is 17.9. The maximum Gasteiger partial charge on any atom is 0.270 e. The van der Waals surface area contributed by atoms with Crippen LogP contribution in [0.4, 0.5) is 5.69 Å². The van der Waals surface area contributed by atoms with Crippen LogP contribution in [0.3, 0.4) is 0 Å². The molecule has 0 bridgehead atoms. The first-order valence-electron chi connectivity index (χ1n) is 10.4. The van der Waals surface area contributed by atoms with E-state index in [-0.39, 0.29) is 10.7 Å². The molecule has 1 aliphatic heterocycles. The molecule has 2 amide bonds. The van der Waals surface area contributed by atoms with Gasteiger partial charge in [0.1, 0.15) is 11.3 Å². The van der Waals surface area contributed by atoms with Crippen LogP contribution >= 0.6 is 23.8 Å². The largest absolute Gasteiger partial charge is 0.494 e. The molecule has 1 heterocycles. The Morgan fingerprint density at radius 1 is 1.00 bits per heavy atom. The summed E-state index contributed by atoms with van der Waals surface area (Å²) < 4.78 is 5.85. The highest BCUT2D eigenvalue weighted by Gasteiger charge is 2.34. The fraction of sp³-hybridized carbons (Fsp3) is 0.115. The summed E-state index contributed by atoms with van der Waals surface area (Å²) >= 11 is 11.6. The summed E-state index contributed by atoms with van der Waals surface area (Å²) in [6.45, 7) is 2.38. The minimum atomic E-state index is -0.532. The molecule has 1 aliphatic rings. The Morgan fingerprint density at radius 3 is 2.45 bits per heavy atom. The minimum Gasteiger partial charge on any atom is -0.494 e. The average molecular weight is 477 g/mol. The second kappa shape index (κ2) is 9.98. The van der Waals surface area contributed by atoms with Crippen LogP contribution in [0.5, 0.6) is 5.75 Å². The van der Waals surface area contributed by atoms with E-state index in [0.717, 1.165) is 11.1 Å². The lowest BCUT2D eigenvalue weighted by Crippen LogP contribution is -2.54. The van der Waals surface area contributed by atoms with Gasteiger partial charge in [-0.1, -0.05) is 60.1 Å². The molecule has 0 spiro atoms. The van der Waals surface area contributed by atoms with E-state index in [4.69, 9.17) is 28.6 Å². The van der Waals surface area contributed by atoms with Gasteiger partial charge in [-0.15, -0.1) is 0 Å². The SMILES string of the molecule is CCOc1cc(/C=C2/C(=O)NC(=S)N(c3ccccc3)C2=O)ccc1Cc1ccccc1Cl. The summed E-state index contributed by atoms with van der Waals surface area (Å²) in [6, 6.07) is 22.2. The number of nitrogens with one attached hydrogen (secondary N) is 1. The number of hydrogen-bond donors (Lipinski definition) is 1. The molecule has 0 aromatic heterocycles. The maximum absolute atomic E-state index is 13.2.